The number of fused-ring (bicyclic) bond motifs is 1. The highest BCUT2D eigenvalue weighted by Crippen LogP contribution is 2.38. The number of carbonyl (C=O) groups is 1. The van der Waals surface area contributed by atoms with E-state index < -0.39 is 11.7 Å². The summed E-state index contributed by atoms with van der Waals surface area (Å²) < 4.78 is 10.7. The van der Waals surface area contributed by atoms with Crippen molar-refractivity contribution < 1.29 is 14.3 Å². The standard InChI is InChI=1S/C16H20ClNO3/c1-5-11-10(9-18-15(19)21-16(2,3)4)8-13(17)14-12(11)6-7-20-14/h5,8H,1,6-7,9H2,2-4H3,(H,18,19). The summed E-state index contributed by atoms with van der Waals surface area (Å²) in [6.07, 6.45) is 2.12. The van der Waals surface area contributed by atoms with Gasteiger partial charge in [0.05, 0.1) is 11.6 Å². The fourth-order valence-corrected chi connectivity index (χ4v) is 2.60. The van der Waals surface area contributed by atoms with Crippen molar-refractivity contribution in [3.8, 4) is 5.75 Å². The van der Waals surface area contributed by atoms with E-state index in [0.717, 1.165) is 28.9 Å². The maximum absolute atomic E-state index is 11.7. The third-order valence-electron chi connectivity index (χ3n) is 3.09. The van der Waals surface area contributed by atoms with Gasteiger partial charge < -0.3 is 14.8 Å². The number of rotatable bonds is 3. The SMILES string of the molecule is C=Cc1c(CNC(=O)OC(C)(C)C)cc(Cl)c2c1CCO2. The number of amides is 1. The predicted octanol–water partition coefficient (Wildman–Crippen LogP) is 3.94. The predicted molar refractivity (Wildman–Crippen MR) is 83.8 cm³/mol. The Balaban J connectivity index is 2.16. The Kier molecular flexibility index (Phi) is 4.47. The molecule has 0 atom stereocenters. The van der Waals surface area contributed by atoms with Crippen LogP contribution in [-0.4, -0.2) is 18.3 Å². The Morgan fingerprint density at radius 3 is 2.90 bits per heavy atom. The first-order valence-electron chi connectivity index (χ1n) is 6.88. The van der Waals surface area contributed by atoms with Gasteiger partial charge in [-0.05, 0) is 38.0 Å². The first-order valence-corrected chi connectivity index (χ1v) is 7.26. The quantitative estimate of drug-likeness (QED) is 0.920. The lowest BCUT2D eigenvalue weighted by Crippen LogP contribution is -2.32. The van der Waals surface area contributed by atoms with E-state index in [9.17, 15) is 4.79 Å². The van der Waals surface area contributed by atoms with Gasteiger partial charge in [0.2, 0.25) is 0 Å². The molecule has 0 bridgehead atoms. The van der Waals surface area contributed by atoms with Gasteiger partial charge in [0.15, 0.2) is 0 Å². The summed E-state index contributed by atoms with van der Waals surface area (Å²) in [4.78, 5) is 11.7. The molecule has 0 fully saturated rings. The van der Waals surface area contributed by atoms with Crippen LogP contribution in [0.3, 0.4) is 0 Å². The van der Waals surface area contributed by atoms with Crippen LogP contribution in [0.1, 0.15) is 37.5 Å². The van der Waals surface area contributed by atoms with E-state index in [1.807, 2.05) is 20.8 Å². The number of alkyl carbamates (subject to hydrolysis) is 1. The third-order valence-corrected chi connectivity index (χ3v) is 3.37. The second kappa shape index (κ2) is 5.98. The summed E-state index contributed by atoms with van der Waals surface area (Å²) in [6, 6.07) is 1.81. The molecule has 21 heavy (non-hydrogen) atoms. The molecule has 5 heteroatoms. The Bertz CT molecular complexity index is 576. The van der Waals surface area contributed by atoms with Gasteiger partial charge in [-0.1, -0.05) is 24.3 Å². The number of ether oxygens (including phenoxy) is 2. The molecule has 0 radical (unpaired) electrons. The highest BCUT2D eigenvalue weighted by atomic mass is 35.5. The van der Waals surface area contributed by atoms with Gasteiger partial charge in [-0.25, -0.2) is 4.79 Å². The highest BCUT2D eigenvalue weighted by molar-refractivity contribution is 6.32. The third kappa shape index (κ3) is 3.70. The van der Waals surface area contributed by atoms with Crippen molar-refractivity contribution in [2.24, 2.45) is 0 Å². The van der Waals surface area contributed by atoms with Crippen LogP contribution < -0.4 is 10.1 Å². The van der Waals surface area contributed by atoms with Crippen molar-refractivity contribution in [3.63, 3.8) is 0 Å². The first kappa shape index (κ1) is 15.7. The lowest BCUT2D eigenvalue weighted by molar-refractivity contribution is 0.0523. The van der Waals surface area contributed by atoms with Crippen LogP contribution in [0.25, 0.3) is 6.08 Å². The fourth-order valence-electron chi connectivity index (χ4n) is 2.30. The molecule has 1 N–H and O–H groups in total. The van der Waals surface area contributed by atoms with Gasteiger partial charge in [-0.2, -0.15) is 0 Å². The van der Waals surface area contributed by atoms with Crippen molar-refractivity contribution in [1.29, 1.82) is 0 Å². The fraction of sp³-hybridized carbons (Fsp3) is 0.438. The molecule has 4 nitrogen and oxygen atoms in total. The first-order chi connectivity index (χ1) is 9.81. The van der Waals surface area contributed by atoms with Crippen molar-refractivity contribution in [2.45, 2.75) is 39.3 Å². The van der Waals surface area contributed by atoms with E-state index in [-0.39, 0.29) is 0 Å². The molecule has 114 valence electrons. The summed E-state index contributed by atoms with van der Waals surface area (Å²) in [6.45, 7) is 10.3. The van der Waals surface area contributed by atoms with Crippen molar-refractivity contribution >= 4 is 23.8 Å². The molecule has 1 aliphatic rings. The number of carbonyl (C=O) groups excluding carboxylic acids is 1. The van der Waals surface area contributed by atoms with Crippen LogP contribution in [0, 0.1) is 0 Å². The average Bonchev–Trinajstić information content (AvgIpc) is 2.84. The summed E-state index contributed by atoms with van der Waals surface area (Å²) in [7, 11) is 0. The van der Waals surface area contributed by atoms with E-state index in [0.29, 0.717) is 18.2 Å². The summed E-state index contributed by atoms with van der Waals surface area (Å²) >= 11 is 6.22. The smallest absolute Gasteiger partial charge is 0.407 e. The summed E-state index contributed by atoms with van der Waals surface area (Å²) in [5.74, 6) is 0.729. The van der Waals surface area contributed by atoms with Gasteiger partial charge in [0.25, 0.3) is 0 Å². The zero-order chi connectivity index (χ0) is 15.6. The molecular formula is C16H20ClNO3. The van der Waals surface area contributed by atoms with Crippen LogP contribution in [0.4, 0.5) is 4.79 Å². The Morgan fingerprint density at radius 2 is 2.29 bits per heavy atom. The van der Waals surface area contributed by atoms with E-state index in [1.165, 1.54) is 0 Å². The number of halogens is 1. The van der Waals surface area contributed by atoms with E-state index in [4.69, 9.17) is 21.1 Å². The van der Waals surface area contributed by atoms with E-state index >= 15 is 0 Å². The normalized spacial score (nSPS) is 13.3. The average molecular weight is 310 g/mol. The molecule has 1 aromatic carbocycles. The van der Waals surface area contributed by atoms with E-state index in [2.05, 4.69) is 11.9 Å². The molecule has 0 saturated carbocycles. The monoisotopic (exact) mass is 309 g/mol. The second-order valence-electron chi connectivity index (χ2n) is 5.90. The van der Waals surface area contributed by atoms with Gasteiger partial charge in [-0.15, -0.1) is 0 Å². The van der Waals surface area contributed by atoms with Gasteiger partial charge in [0, 0.05) is 18.5 Å². The Morgan fingerprint density at radius 1 is 1.57 bits per heavy atom. The molecule has 0 aliphatic carbocycles. The minimum Gasteiger partial charge on any atom is -0.491 e. The second-order valence-corrected chi connectivity index (χ2v) is 6.30. The van der Waals surface area contributed by atoms with Gasteiger partial charge >= 0.3 is 6.09 Å². The molecule has 1 aliphatic heterocycles. The highest BCUT2D eigenvalue weighted by Gasteiger charge is 2.22. The molecule has 0 saturated heterocycles. The number of nitrogens with one attached hydrogen (secondary N) is 1. The summed E-state index contributed by atoms with van der Waals surface area (Å²) in [5.41, 5.74) is 2.42. The van der Waals surface area contributed by atoms with Crippen LogP contribution in [0.2, 0.25) is 5.02 Å². The minimum atomic E-state index is -0.519. The Hall–Kier alpha value is -1.68. The van der Waals surface area contributed by atoms with Crippen LogP contribution in [0.15, 0.2) is 12.6 Å². The zero-order valence-corrected chi connectivity index (χ0v) is 13.3. The zero-order valence-electron chi connectivity index (χ0n) is 12.6. The van der Waals surface area contributed by atoms with Crippen molar-refractivity contribution in [1.82, 2.24) is 5.32 Å². The molecule has 1 heterocycles. The van der Waals surface area contributed by atoms with Gasteiger partial charge in [-0.3, -0.25) is 0 Å². The van der Waals surface area contributed by atoms with Gasteiger partial charge in [0.1, 0.15) is 11.4 Å². The van der Waals surface area contributed by atoms with Crippen LogP contribution in [0.5, 0.6) is 5.75 Å². The molecule has 0 unspecified atom stereocenters. The molecule has 1 amide bonds. The topological polar surface area (TPSA) is 47.6 Å². The van der Waals surface area contributed by atoms with E-state index in [1.54, 1.807) is 12.1 Å². The molecule has 1 aromatic rings. The lowest BCUT2D eigenvalue weighted by Gasteiger charge is -2.20. The largest absolute Gasteiger partial charge is 0.491 e. The molecule has 2 rings (SSSR count). The molecule has 0 aromatic heterocycles. The minimum absolute atomic E-state index is 0.337. The lowest BCUT2D eigenvalue weighted by atomic mass is 9.99. The summed E-state index contributed by atoms with van der Waals surface area (Å²) in [5, 5.41) is 3.30. The van der Waals surface area contributed by atoms with Crippen LogP contribution >= 0.6 is 11.6 Å². The number of hydrogen-bond acceptors (Lipinski definition) is 3. The Labute approximate surface area is 130 Å². The molecule has 0 spiro atoms. The van der Waals surface area contributed by atoms with Crippen molar-refractivity contribution in [2.75, 3.05) is 6.61 Å². The maximum atomic E-state index is 11.7. The van der Waals surface area contributed by atoms with Crippen LogP contribution in [-0.2, 0) is 17.7 Å². The molecular weight excluding hydrogens is 290 g/mol. The number of hydrogen-bond donors (Lipinski definition) is 1. The number of benzene rings is 1. The maximum Gasteiger partial charge on any atom is 0.407 e. The van der Waals surface area contributed by atoms with Crippen molar-refractivity contribution in [3.05, 3.63) is 34.4 Å².